The third kappa shape index (κ3) is 1.65. The summed E-state index contributed by atoms with van der Waals surface area (Å²) in [5, 5.41) is 9.15. The zero-order valence-electron chi connectivity index (χ0n) is 10.5. The first-order valence-electron chi connectivity index (χ1n) is 6.76. The van der Waals surface area contributed by atoms with E-state index in [2.05, 4.69) is 0 Å². The summed E-state index contributed by atoms with van der Waals surface area (Å²) >= 11 is 0. The Labute approximate surface area is 107 Å². The number of hydrogen-bond acceptors (Lipinski definition) is 2. The van der Waals surface area contributed by atoms with E-state index in [-0.39, 0.29) is 11.5 Å². The van der Waals surface area contributed by atoms with E-state index in [4.69, 9.17) is 10.8 Å². The standard InChI is InChI=1S/C15H19NO2/c16-13-5-8-15(6-1-2-7-15)12-9-10(14(17)18)3-4-11(12)13/h3-4,9,13H,1-2,5-8,16H2,(H,17,18). The molecule has 3 rings (SSSR count). The molecule has 1 spiro atoms. The summed E-state index contributed by atoms with van der Waals surface area (Å²) in [4.78, 5) is 11.1. The summed E-state index contributed by atoms with van der Waals surface area (Å²) < 4.78 is 0. The van der Waals surface area contributed by atoms with Gasteiger partial charge in [0.25, 0.3) is 0 Å². The number of carboxylic acid groups (broad SMARTS) is 1. The molecular weight excluding hydrogens is 226 g/mol. The highest BCUT2D eigenvalue weighted by Crippen LogP contribution is 2.50. The molecular formula is C15H19NO2. The fourth-order valence-corrected chi connectivity index (χ4v) is 3.77. The summed E-state index contributed by atoms with van der Waals surface area (Å²) in [5.41, 5.74) is 9.19. The normalized spacial score (nSPS) is 25.1. The van der Waals surface area contributed by atoms with Gasteiger partial charge in [-0.25, -0.2) is 4.79 Å². The molecule has 1 saturated carbocycles. The number of carbonyl (C=O) groups is 1. The van der Waals surface area contributed by atoms with Gasteiger partial charge in [0, 0.05) is 6.04 Å². The van der Waals surface area contributed by atoms with Gasteiger partial charge in [-0.05, 0) is 54.4 Å². The molecule has 3 N–H and O–H groups in total. The fourth-order valence-electron chi connectivity index (χ4n) is 3.77. The van der Waals surface area contributed by atoms with E-state index in [9.17, 15) is 4.79 Å². The Morgan fingerprint density at radius 1 is 1.28 bits per heavy atom. The van der Waals surface area contributed by atoms with Crippen molar-refractivity contribution >= 4 is 5.97 Å². The van der Waals surface area contributed by atoms with Gasteiger partial charge >= 0.3 is 5.97 Å². The number of benzene rings is 1. The second-order valence-electron chi connectivity index (χ2n) is 5.74. The van der Waals surface area contributed by atoms with Crippen LogP contribution in [0.3, 0.4) is 0 Å². The first-order valence-corrected chi connectivity index (χ1v) is 6.76. The molecule has 0 heterocycles. The van der Waals surface area contributed by atoms with E-state index >= 15 is 0 Å². The number of nitrogens with two attached hydrogens (primary N) is 1. The molecule has 0 bridgehead atoms. The van der Waals surface area contributed by atoms with Crippen molar-refractivity contribution in [3.63, 3.8) is 0 Å². The molecule has 0 amide bonds. The minimum absolute atomic E-state index is 0.0778. The summed E-state index contributed by atoms with van der Waals surface area (Å²) in [6, 6.07) is 5.58. The Morgan fingerprint density at radius 2 is 2.00 bits per heavy atom. The molecule has 1 unspecified atom stereocenters. The summed E-state index contributed by atoms with van der Waals surface area (Å²) in [6.07, 6.45) is 7.03. The zero-order chi connectivity index (χ0) is 12.8. The lowest BCUT2D eigenvalue weighted by Gasteiger charge is -2.38. The van der Waals surface area contributed by atoms with Gasteiger partial charge in [-0.3, -0.25) is 0 Å². The lowest BCUT2D eigenvalue weighted by Crippen LogP contribution is -2.32. The van der Waals surface area contributed by atoms with Gasteiger partial charge in [0.2, 0.25) is 0 Å². The van der Waals surface area contributed by atoms with Gasteiger partial charge in [-0.15, -0.1) is 0 Å². The highest BCUT2D eigenvalue weighted by Gasteiger charge is 2.41. The maximum absolute atomic E-state index is 11.1. The van der Waals surface area contributed by atoms with Crippen LogP contribution in [0.5, 0.6) is 0 Å². The van der Waals surface area contributed by atoms with Crippen molar-refractivity contribution in [3.8, 4) is 0 Å². The average molecular weight is 245 g/mol. The molecule has 0 aliphatic heterocycles. The number of aromatic carboxylic acids is 1. The minimum Gasteiger partial charge on any atom is -0.478 e. The van der Waals surface area contributed by atoms with Crippen LogP contribution < -0.4 is 5.73 Å². The van der Waals surface area contributed by atoms with Crippen molar-refractivity contribution in [2.45, 2.75) is 50.0 Å². The third-order valence-corrected chi connectivity index (χ3v) is 4.77. The predicted octanol–water partition coefficient (Wildman–Crippen LogP) is 2.99. The molecule has 0 radical (unpaired) electrons. The van der Waals surface area contributed by atoms with Crippen molar-refractivity contribution in [2.24, 2.45) is 5.73 Å². The van der Waals surface area contributed by atoms with Gasteiger partial charge in [0.15, 0.2) is 0 Å². The average Bonchev–Trinajstić information content (AvgIpc) is 2.84. The number of rotatable bonds is 1. The highest BCUT2D eigenvalue weighted by atomic mass is 16.4. The minimum atomic E-state index is -0.843. The van der Waals surface area contributed by atoms with E-state index in [0.717, 1.165) is 12.8 Å². The summed E-state index contributed by atoms with van der Waals surface area (Å²) in [7, 11) is 0. The monoisotopic (exact) mass is 245 g/mol. The molecule has 2 aliphatic carbocycles. The maximum atomic E-state index is 11.1. The van der Waals surface area contributed by atoms with Gasteiger partial charge < -0.3 is 10.8 Å². The van der Waals surface area contributed by atoms with Crippen LogP contribution in [-0.2, 0) is 5.41 Å². The van der Waals surface area contributed by atoms with Gasteiger partial charge in [0.05, 0.1) is 5.56 Å². The zero-order valence-corrected chi connectivity index (χ0v) is 10.5. The molecule has 2 aliphatic rings. The Hall–Kier alpha value is -1.35. The Balaban J connectivity index is 2.14. The predicted molar refractivity (Wildman–Crippen MR) is 69.7 cm³/mol. The maximum Gasteiger partial charge on any atom is 0.335 e. The molecule has 1 aromatic carbocycles. The molecule has 96 valence electrons. The first-order chi connectivity index (χ1) is 8.62. The topological polar surface area (TPSA) is 63.3 Å². The number of hydrogen-bond donors (Lipinski definition) is 2. The second-order valence-corrected chi connectivity index (χ2v) is 5.74. The summed E-state index contributed by atoms with van der Waals surface area (Å²) in [5.74, 6) is -0.843. The first kappa shape index (κ1) is 11.7. The van der Waals surface area contributed by atoms with Crippen LogP contribution in [0.1, 0.15) is 66.1 Å². The van der Waals surface area contributed by atoms with Crippen LogP contribution in [-0.4, -0.2) is 11.1 Å². The Morgan fingerprint density at radius 3 is 2.67 bits per heavy atom. The lowest BCUT2D eigenvalue weighted by molar-refractivity contribution is 0.0696. The smallest absolute Gasteiger partial charge is 0.335 e. The molecule has 1 fully saturated rings. The van der Waals surface area contributed by atoms with Crippen molar-refractivity contribution in [3.05, 3.63) is 34.9 Å². The molecule has 1 aromatic rings. The lowest BCUT2D eigenvalue weighted by atomic mass is 9.67. The molecule has 0 aromatic heterocycles. The van der Waals surface area contributed by atoms with E-state index in [0.29, 0.717) is 5.56 Å². The fraction of sp³-hybridized carbons (Fsp3) is 0.533. The van der Waals surface area contributed by atoms with E-state index in [1.165, 1.54) is 36.8 Å². The van der Waals surface area contributed by atoms with Crippen molar-refractivity contribution in [2.75, 3.05) is 0 Å². The van der Waals surface area contributed by atoms with Crippen LogP contribution in [0.25, 0.3) is 0 Å². The molecule has 3 heteroatoms. The van der Waals surface area contributed by atoms with Crippen LogP contribution in [0.4, 0.5) is 0 Å². The van der Waals surface area contributed by atoms with Crippen molar-refractivity contribution in [1.82, 2.24) is 0 Å². The SMILES string of the molecule is NC1CCC2(CCCC2)c2cc(C(=O)O)ccc21. The molecule has 3 nitrogen and oxygen atoms in total. The van der Waals surface area contributed by atoms with E-state index in [1.54, 1.807) is 6.07 Å². The van der Waals surface area contributed by atoms with Crippen LogP contribution in [0.15, 0.2) is 18.2 Å². The highest BCUT2D eigenvalue weighted by molar-refractivity contribution is 5.88. The number of carboxylic acids is 1. The molecule has 1 atom stereocenters. The van der Waals surface area contributed by atoms with E-state index in [1.807, 2.05) is 12.1 Å². The third-order valence-electron chi connectivity index (χ3n) is 4.77. The Kier molecular flexibility index (Phi) is 2.67. The summed E-state index contributed by atoms with van der Waals surface area (Å²) in [6.45, 7) is 0. The van der Waals surface area contributed by atoms with Crippen molar-refractivity contribution < 1.29 is 9.90 Å². The van der Waals surface area contributed by atoms with Gasteiger partial charge in [-0.1, -0.05) is 18.9 Å². The second kappa shape index (κ2) is 4.09. The largest absolute Gasteiger partial charge is 0.478 e. The number of fused-ring (bicyclic) bond motifs is 2. The van der Waals surface area contributed by atoms with Crippen LogP contribution in [0, 0.1) is 0 Å². The molecule has 0 saturated heterocycles. The van der Waals surface area contributed by atoms with Crippen molar-refractivity contribution in [1.29, 1.82) is 0 Å². The van der Waals surface area contributed by atoms with Crippen LogP contribution in [0.2, 0.25) is 0 Å². The van der Waals surface area contributed by atoms with Crippen LogP contribution >= 0.6 is 0 Å². The van der Waals surface area contributed by atoms with Gasteiger partial charge in [-0.2, -0.15) is 0 Å². The van der Waals surface area contributed by atoms with Gasteiger partial charge in [0.1, 0.15) is 0 Å². The Bertz CT molecular complexity index is 489. The molecule has 18 heavy (non-hydrogen) atoms. The van der Waals surface area contributed by atoms with E-state index < -0.39 is 5.97 Å². The quantitative estimate of drug-likeness (QED) is 0.799.